The molecule has 0 N–H and O–H groups in total. The quantitative estimate of drug-likeness (QED) is 0.638. The lowest BCUT2D eigenvalue weighted by atomic mass is 10.0. The third-order valence-corrected chi connectivity index (χ3v) is 3.94. The maximum absolute atomic E-state index is 11.4. The zero-order valence-electron chi connectivity index (χ0n) is 15.0. The Bertz CT molecular complexity index is 731. The number of Topliss-reactive ketones (excluding diaryl/α,β-unsaturated/α-hetero) is 2. The molecule has 2 aromatic rings. The summed E-state index contributed by atoms with van der Waals surface area (Å²) >= 11 is 0. The SMILES string of the molecule is C.CC(=O)Cc1ccccc1.Cc1ccc(CCCC(=O)C2=C[CH]2)cc1.[HH]. The third kappa shape index (κ3) is 8.57. The van der Waals surface area contributed by atoms with Crippen LogP contribution in [-0.2, 0) is 22.4 Å². The van der Waals surface area contributed by atoms with Gasteiger partial charge in [0.25, 0.3) is 0 Å². The molecule has 139 valence electrons. The fourth-order valence-electron chi connectivity index (χ4n) is 2.46. The van der Waals surface area contributed by atoms with Crippen molar-refractivity contribution in [3.05, 3.63) is 89.4 Å². The van der Waals surface area contributed by atoms with Crippen LogP contribution in [0, 0.1) is 13.3 Å². The van der Waals surface area contributed by atoms with Crippen molar-refractivity contribution >= 4 is 11.6 Å². The van der Waals surface area contributed by atoms with Crippen LogP contribution in [0.2, 0.25) is 0 Å². The van der Waals surface area contributed by atoms with Crippen LogP contribution in [0.25, 0.3) is 0 Å². The molecule has 0 unspecified atom stereocenters. The highest BCUT2D eigenvalue weighted by atomic mass is 16.1. The first-order chi connectivity index (χ1) is 12.0. The number of aryl methyl sites for hydroxylation is 2. The van der Waals surface area contributed by atoms with Gasteiger partial charge in [-0.15, -0.1) is 0 Å². The highest BCUT2D eigenvalue weighted by molar-refractivity contribution is 6.02. The Labute approximate surface area is 159 Å². The molecule has 0 saturated heterocycles. The van der Waals surface area contributed by atoms with Crippen LogP contribution in [0.15, 0.2) is 66.2 Å². The summed E-state index contributed by atoms with van der Waals surface area (Å²) in [6.07, 6.45) is 6.95. The van der Waals surface area contributed by atoms with Gasteiger partial charge in [0.2, 0.25) is 0 Å². The molecule has 0 fully saturated rings. The lowest BCUT2D eigenvalue weighted by Crippen LogP contribution is -1.96. The van der Waals surface area contributed by atoms with Gasteiger partial charge in [-0.05, 0) is 43.4 Å². The van der Waals surface area contributed by atoms with E-state index >= 15 is 0 Å². The topological polar surface area (TPSA) is 34.1 Å². The molecule has 2 nitrogen and oxygen atoms in total. The van der Waals surface area contributed by atoms with Crippen molar-refractivity contribution in [1.29, 1.82) is 0 Å². The van der Waals surface area contributed by atoms with Crippen molar-refractivity contribution in [2.45, 2.75) is 47.0 Å². The number of allylic oxidation sites excluding steroid dienone is 2. The summed E-state index contributed by atoms with van der Waals surface area (Å²) in [7, 11) is 0. The molecular weight excluding hydrogens is 320 g/mol. The van der Waals surface area contributed by atoms with E-state index in [-0.39, 0.29) is 14.6 Å². The molecule has 0 spiro atoms. The summed E-state index contributed by atoms with van der Waals surface area (Å²) in [5, 5.41) is 0. The Balaban J connectivity index is 0.000000500. The fraction of sp³-hybridized carbons (Fsp3) is 0.292. The van der Waals surface area contributed by atoms with E-state index in [9.17, 15) is 9.59 Å². The lowest BCUT2D eigenvalue weighted by Gasteiger charge is -2.00. The number of carbonyl (C=O) groups excluding carboxylic acids is 2. The standard InChI is InChI=1S/C14H15O.C9H10O.CH4.H2/c1-11-5-7-12(8-6-11)3-2-4-14(15)13-9-10-13;1-8(10)7-9-5-3-2-4-6-9;;/h5-10H,2-4H2,1H3;2-6H,7H2,1H3;1H4;1H. The number of benzene rings is 2. The largest absolute Gasteiger partial charge is 0.300 e. The van der Waals surface area contributed by atoms with Gasteiger partial charge < -0.3 is 0 Å². The van der Waals surface area contributed by atoms with Gasteiger partial charge in [-0.2, -0.15) is 0 Å². The van der Waals surface area contributed by atoms with Gasteiger partial charge in [0, 0.05) is 20.7 Å². The Morgan fingerprint density at radius 2 is 1.54 bits per heavy atom. The van der Waals surface area contributed by atoms with E-state index in [1.54, 1.807) is 6.92 Å². The molecule has 0 saturated carbocycles. The Morgan fingerprint density at radius 1 is 0.923 bits per heavy atom. The van der Waals surface area contributed by atoms with Crippen LogP contribution in [0.1, 0.15) is 45.3 Å². The van der Waals surface area contributed by atoms with Crippen molar-refractivity contribution < 1.29 is 11.0 Å². The second-order valence-corrected chi connectivity index (χ2v) is 6.42. The highest BCUT2D eigenvalue weighted by Gasteiger charge is 2.16. The average Bonchev–Trinajstić information content (AvgIpc) is 3.43. The molecule has 2 heteroatoms. The van der Waals surface area contributed by atoms with E-state index in [4.69, 9.17) is 0 Å². The molecule has 1 aliphatic rings. The van der Waals surface area contributed by atoms with E-state index in [0.29, 0.717) is 18.6 Å². The second kappa shape index (κ2) is 11.2. The number of hydrogen-bond donors (Lipinski definition) is 0. The van der Waals surface area contributed by atoms with Crippen LogP contribution >= 0.6 is 0 Å². The Hall–Kier alpha value is -2.48. The van der Waals surface area contributed by atoms with Crippen molar-refractivity contribution in [2.24, 2.45) is 0 Å². The normalized spacial score (nSPS) is 11.4. The zero-order valence-corrected chi connectivity index (χ0v) is 15.0. The molecule has 3 rings (SSSR count). The van der Waals surface area contributed by atoms with Gasteiger partial charge in [0.1, 0.15) is 5.78 Å². The van der Waals surface area contributed by atoms with E-state index in [0.717, 1.165) is 24.0 Å². The highest BCUT2D eigenvalue weighted by Crippen LogP contribution is 2.20. The monoisotopic (exact) mass is 351 g/mol. The van der Waals surface area contributed by atoms with Gasteiger partial charge >= 0.3 is 0 Å². The zero-order chi connectivity index (χ0) is 18.1. The summed E-state index contributed by atoms with van der Waals surface area (Å²) < 4.78 is 0. The summed E-state index contributed by atoms with van der Waals surface area (Å²) in [5.74, 6) is 0.508. The van der Waals surface area contributed by atoms with Gasteiger partial charge in [-0.3, -0.25) is 9.59 Å². The fourth-order valence-corrected chi connectivity index (χ4v) is 2.46. The first-order valence-electron chi connectivity index (χ1n) is 8.72. The average molecular weight is 352 g/mol. The predicted octanol–water partition coefficient (Wildman–Crippen LogP) is 5.73. The minimum Gasteiger partial charge on any atom is -0.300 e. The summed E-state index contributed by atoms with van der Waals surface area (Å²) in [6.45, 7) is 3.69. The first kappa shape index (κ1) is 21.6. The Kier molecular flexibility index (Phi) is 9.29. The molecule has 1 aliphatic carbocycles. The van der Waals surface area contributed by atoms with Crippen LogP contribution < -0.4 is 0 Å². The summed E-state index contributed by atoms with van der Waals surface area (Å²) in [5.41, 5.74) is 4.61. The molecule has 1 radical (unpaired) electrons. The van der Waals surface area contributed by atoms with Crippen molar-refractivity contribution in [3.63, 3.8) is 0 Å². The van der Waals surface area contributed by atoms with Crippen LogP contribution in [-0.4, -0.2) is 11.6 Å². The summed E-state index contributed by atoms with van der Waals surface area (Å²) in [4.78, 5) is 22.0. The van der Waals surface area contributed by atoms with Crippen molar-refractivity contribution in [2.75, 3.05) is 0 Å². The van der Waals surface area contributed by atoms with Gasteiger partial charge in [0.15, 0.2) is 5.78 Å². The second-order valence-electron chi connectivity index (χ2n) is 6.42. The molecular formula is C24H31O2. The minimum absolute atomic E-state index is 0. The Morgan fingerprint density at radius 3 is 2.08 bits per heavy atom. The lowest BCUT2D eigenvalue weighted by molar-refractivity contribution is -0.116. The van der Waals surface area contributed by atoms with Crippen LogP contribution in [0.3, 0.4) is 0 Å². The maximum Gasteiger partial charge on any atom is 0.159 e. The molecule has 0 aromatic heterocycles. The summed E-state index contributed by atoms with van der Waals surface area (Å²) in [6, 6.07) is 18.3. The number of rotatable bonds is 7. The number of hydrogen-bond acceptors (Lipinski definition) is 2. The molecule has 0 amide bonds. The molecule has 0 atom stereocenters. The first-order valence-corrected chi connectivity index (χ1v) is 8.72. The van der Waals surface area contributed by atoms with E-state index in [2.05, 4.69) is 31.2 Å². The van der Waals surface area contributed by atoms with Crippen LogP contribution in [0.5, 0.6) is 0 Å². The molecule has 0 aliphatic heterocycles. The smallest absolute Gasteiger partial charge is 0.159 e. The molecule has 26 heavy (non-hydrogen) atoms. The predicted molar refractivity (Wildman–Crippen MR) is 111 cm³/mol. The molecule has 0 heterocycles. The minimum atomic E-state index is 0. The van der Waals surface area contributed by atoms with Crippen molar-refractivity contribution in [1.82, 2.24) is 0 Å². The third-order valence-electron chi connectivity index (χ3n) is 3.94. The van der Waals surface area contributed by atoms with E-state index < -0.39 is 0 Å². The molecule has 2 aromatic carbocycles. The van der Waals surface area contributed by atoms with Crippen LogP contribution in [0.4, 0.5) is 0 Å². The van der Waals surface area contributed by atoms with Gasteiger partial charge in [-0.25, -0.2) is 0 Å². The van der Waals surface area contributed by atoms with E-state index in [1.807, 2.05) is 42.8 Å². The number of carbonyl (C=O) groups is 2. The van der Waals surface area contributed by atoms with Gasteiger partial charge in [-0.1, -0.05) is 73.7 Å². The van der Waals surface area contributed by atoms with Crippen molar-refractivity contribution in [3.8, 4) is 0 Å². The van der Waals surface area contributed by atoms with Gasteiger partial charge in [0.05, 0.1) is 0 Å². The van der Waals surface area contributed by atoms with E-state index in [1.165, 1.54) is 11.1 Å². The molecule has 0 bridgehead atoms. The number of ketones is 2. The maximum atomic E-state index is 11.4.